The van der Waals surface area contributed by atoms with E-state index in [9.17, 15) is 9.59 Å². The van der Waals surface area contributed by atoms with Gasteiger partial charge < -0.3 is 9.47 Å². The van der Waals surface area contributed by atoms with E-state index < -0.39 is 11.9 Å². The van der Waals surface area contributed by atoms with E-state index in [-0.39, 0.29) is 5.75 Å². The fourth-order valence-corrected chi connectivity index (χ4v) is 6.91. The van der Waals surface area contributed by atoms with E-state index in [1.54, 1.807) is 12.1 Å². The number of esters is 1. The van der Waals surface area contributed by atoms with Gasteiger partial charge in [-0.05, 0) is 159 Å². The lowest BCUT2D eigenvalue weighted by Crippen LogP contribution is -2.06. The molecule has 0 atom stereocenters. The van der Waals surface area contributed by atoms with Crippen LogP contribution in [0.15, 0.2) is 109 Å². The lowest BCUT2D eigenvalue weighted by atomic mass is 9.84. The molecule has 0 saturated heterocycles. The van der Waals surface area contributed by atoms with Gasteiger partial charge >= 0.3 is 11.9 Å². The lowest BCUT2D eigenvalue weighted by Gasteiger charge is -2.19. The Morgan fingerprint density at radius 3 is 1.56 bits per heavy atom. The van der Waals surface area contributed by atoms with Crippen LogP contribution in [0.2, 0.25) is 0 Å². The average molecular weight is 931 g/mol. The second kappa shape index (κ2) is 27.4. The first-order valence-corrected chi connectivity index (χ1v) is 20.8. The van der Waals surface area contributed by atoms with Crippen LogP contribution in [0.25, 0.3) is 54.9 Å². The monoisotopic (exact) mass is 930 g/mol. The Morgan fingerprint density at radius 2 is 0.941 bits per heavy atom. The number of carbonyl (C=O) groups excluding carboxylic acids is 2. The van der Waals surface area contributed by atoms with Crippen molar-refractivity contribution in [1.29, 1.82) is 0 Å². The zero-order valence-corrected chi connectivity index (χ0v) is 36.7. The van der Waals surface area contributed by atoms with E-state index in [1.165, 1.54) is 37.7 Å². The summed E-state index contributed by atoms with van der Waals surface area (Å²) in [7, 11) is 0. The molecule has 0 aliphatic heterocycles. The zero-order valence-electron chi connectivity index (χ0n) is 36.7. The number of ether oxygens (including phenoxy) is 2. The van der Waals surface area contributed by atoms with Crippen LogP contribution in [0.5, 0.6) is 11.5 Å². The standard InChI is InChI=1S/C50H42O18/c1-4-5-6-7-10-13-32-54-41-26-21-38(22-27-41)50-43-30-18-36(3)33-45(43)49(44-31-25-40(34-46(44)50)37-19-16-35(2)17-20-37)39-23-28-42(29-24-39)55-47(51)14-11-8-9-12-15-48(52)56-58-60-62-64-66-68-67-65-63-61-59-57-53/h16-31,33-34,53H,4-7,10,13,32H2,1-3H3. The summed E-state index contributed by atoms with van der Waals surface area (Å²) in [6.45, 7) is 7.08. The van der Waals surface area contributed by atoms with Crippen molar-refractivity contribution in [2.75, 3.05) is 6.61 Å². The fourth-order valence-electron chi connectivity index (χ4n) is 6.91. The number of fused-ring (bicyclic) bond motifs is 2. The van der Waals surface area contributed by atoms with E-state index >= 15 is 0 Å². The van der Waals surface area contributed by atoms with Gasteiger partial charge in [0.2, 0.25) is 0 Å². The minimum atomic E-state index is -1.28. The van der Waals surface area contributed by atoms with Crippen molar-refractivity contribution in [3.63, 3.8) is 0 Å². The third-order valence-corrected chi connectivity index (χ3v) is 9.85. The maximum absolute atomic E-state index is 12.6. The molecule has 18 heteroatoms. The second-order valence-corrected chi connectivity index (χ2v) is 14.4. The van der Waals surface area contributed by atoms with Gasteiger partial charge in [-0.3, -0.25) is 4.89 Å². The summed E-state index contributed by atoms with van der Waals surface area (Å²) in [5.74, 6) is 12.0. The van der Waals surface area contributed by atoms with Crippen molar-refractivity contribution >= 4 is 33.5 Å². The molecule has 18 nitrogen and oxygen atoms in total. The molecular weight excluding hydrogens is 889 g/mol. The highest BCUT2D eigenvalue weighted by Crippen LogP contribution is 2.45. The molecule has 6 aromatic carbocycles. The quantitative estimate of drug-likeness (QED) is 0.00879. The third-order valence-electron chi connectivity index (χ3n) is 9.85. The summed E-state index contributed by atoms with van der Waals surface area (Å²) >= 11 is 0. The largest absolute Gasteiger partial charge is 0.494 e. The Hall–Kier alpha value is -7.26. The Morgan fingerprint density at radius 1 is 0.456 bits per heavy atom. The highest BCUT2D eigenvalue weighted by Gasteiger charge is 2.19. The van der Waals surface area contributed by atoms with E-state index in [1.807, 2.05) is 18.1 Å². The molecule has 1 N–H and O–H groups in total. The van der Waals surface area contributed by atoms with Gasteiger partial charge in [-0.2, -0.15) is 0 Å². The molecule has 6 aromatic rings. The highest BCUT2D eigenvalue weighted by molar-refractivity contribution is 6.22. The van der Waals surface area contributed by atoms with Gasteiger partial charge in [0.1, 0.15) is 11.5 Å². The van der Waals surface area contributed by atoms with Crippen molar-refractivity contribution in [3.8, 4) is 80.4 Å². The number of aryl methyl sites for hydroxylation is 2. The summed E-state index contributed by atoms with van der Waals surface area (Å²) in [6.07, 6.45) is 7.23. The summed E-state index contributed by atoms with van der Waals surface area (Å²) in [6, 6.07) is 37.3. The minimum absolute atomic E-state index is 0.268. The molecule has 0 amide bonds. The van der Waals surface area contributed by atoms with Crippen molar-refractivity contribution in [3.05, 3.63) is 120 Å². The van der Waals surface area contributed by atoms with Gasteiger partial charge in [0.15, 0.2) is 0 Å². The smallest absolute Gasteiger partial charge is 0.421 e. The normalized spacial score (nSPS) is 10.6. The maximum Gasteiger partial charge on any atom is 0.421 e. The van der Waals surface area contributed by atoms with Crippen molar-refractivity contribution < 1.29 is 89.7 Å². The predicted molar refractivity (Wildman–Crippen MR) is 237 cm³/mol. The van der Waals surface area contributed by atoms with E-state index in [0.717, 1.165) is 72.7 Å². The first-order chi connectivity index (χ1) is 33.3. The van der Waals surface area contributed by atoms with Crippen LogP contribution in [-0.2, 0) is 74.9 Å². The van der Waals surface area contributed by atoms with Crippen molar-refractivity contribution in [2.45, 2.75) is 59.3 Å². The molecule has 0 heterocycles. The zero-order chi connectivity index (χ0) is 47.8. The molecule has 0 aliphatic carbocycles. The summed E-state index contributed by atoms with van der Waals surface area (Å²) in [4.78, 5) is 28.1. The average Bonchev–Trinajstić information content (AvgIpc) is 3.35. The molecule has 68 heavy (non-hydrogen) atoms. The summed E-state index contributed by atoms with van der Waals surface area (Å²) in [5, 5.41) is 54.6. The maximum atomic E-state index is 12.6. The van der Waals surface area contributed by atoms with Gasteiger partial charge in [-0.1, -0.05) is 129 Å². The fraction of sp³-hybridized carbons (Fsp3) is 0.200. The third kappa shape index (κ3) is 15.4. The van der Waals surface area contributed by atoms with Gasteiger partial charge in [-0.25, -0.2) is 14.8 Å². The van der Waals surface area contributed by atoms with Crippen LogP contribution >= 0.6 is 0 Å². The molecule has 0 aliphatic rings. The molecule has 0 bridgehead atoms. The molecular formula is C50H42O18. The molecule has 0 radical (unpaired) electrons. The van der Waals surface area contributed by atoms with Crippen molar-refractivity contribution in [2.24, 2.45) is 0 Å². The van der Waals surface area contributed by atoms with Crippen LogP contribution in [-0.4, -0.2) is 23.8 Å². The van der Waals surface area contributed by atoms with Crippen LogP contribution in [0.3, 0.4) is 0 Å². The Kier molecular flexibility index (Phi) is 20.2. The van der Waals surface area contributed by atoms with Gasteiger partial charge in [-0.15, -0.1) is 0 Å². The van der Waals surface area contributed by atoms with Crippen LogP contribution in [0.4, 0.5) is 0 Å². The molecule has 0 spiro atoms. The lowest BCUT2D eigenvalue weighted by molar-refractivity contribution is -0.874. The van der Waals surface area contributed by atoms with Crippen LogP contribution in [0, 0.1) is 49.4 Å². The van der Waals surface area contributed by atoms with Gasteiger partial charge in [0.05, 0.1) is 6.61 Å². The molecule has 0 aromatic heterocycles. The van der Waals surface area contributed by atoms with Crippen molar-refractivity contribution in [1.82, 2.24) is 0 Å². The minimum Gasteiger partial charge on any atom is -0.494 e. The number of benzene rings is 6. The SMILES string of the molecule is CCCCCCCCOc1ccc(-c2c3ccc(C)cc3c(-c3ccc(OC(=O)C#CC#CC#CC(=O)OOOOOOOOOOOOOO)cc3)c3ccc(-c4ccc(C)cc4)cc23)cc1. The number of hydrogen-bond acceptors (Lipinski definition) is 18. The van der Waals surface area contributed by atoms with E-state index in [2.05, 4.69) is 201 Å². The topological polar surface area (TPSA) is 193 Å². The molecule has 0 unspecified atom stereocenters. The van der Waals surface area contributed by atoms with Gasteiger partial charge in [0, 0.05) is 42.1 Å². The summed E-state index contributed by atoms with van der Waals surface area (Å²) < 4.78 is 11.6. The van der Waals surface area contributed by atoms with Crippen LogP contribution < -0.4 is 9.47 Å². The summed E-state index contributed by atoms with van der Waals surface area (Å²) in [5.41, 5.74) is 8.68. The van der Waals surface area contributed by atoms with Crippen LogP contribution in [0.1, 0.15) is 56.6 Å². The number of carbonyl (C=O) groups is 2. The first-order valence-electron chi connectivity index (χ1n) is 20.8. The van der Waals surface area contributed by atoms with Gasteiger partial charge in [0.25, 0.3) is 0 Å². The Balaban J connectivity index is 1.13. The molecule has 0 fully saturated rings. The van der Waals surface area contributed by atoms with E-state index in [0.29, 0.717) is 6.61 Å². The Bertz CT molecular complexity index is 2790. The molecule has 350 valence electrons. The number of unbranched alkanes of at least 4 members (excludes halogenated alkanes) is 5. The number of hydrogen-bond donors (Lipinski definition) is 1. The molecule has 6 rings (SSSR count). The predicted octanol–water partition coefficient (Wildman–Crippen LogP) is 10.5. The number of rotatable bonds is 24. The van der Waals surface area contributed by atoms with E-state index in [4.69, 9.17) is 14.7 Å². The highest BCUT2D eigenvalue weighted by atomic mass is 18.0. The Labute approximate surface area is 388 Å². The second-order valence-electron chi connectivity index (χ2n) is 14.4. The molecule has 0 saturated carbocycles. The first kappa shape index (κ1) is 50.2.